The molecule has 3 nitrogen and oxygen atoms in total. The molecule has 76 valence electrons. The lowest BCUT2D eigenvalue weighted by Crippen LogP contribution is -2.19. The van der Waals surface area contributed by atoms with Gasteiger partial charge in [0.1, 0.15) is 0 Å². The minimum Gasteiger partial charge on any atom is -0.481 e. The molecule has 0 saturated heterocycles. The number of H-pyrrole nitrogens is 1. The molecule has 0 radical (unpaired) electrons. The first-order valence-corrected chi connectivity index (χ1v) is 5.04. The van der Waals surface area contributed by atoms with E-state index in [4.69, 9.17) is 0 Å². The Morgan fingerprint density at radius 1 is 1.33 bits per heavy atom. The third-order valence-corrected chi connectivity index (χ3v) is 3.26. The van der Waals surface area contributed by atoms with E-state index in [-0.39, 0.29) is 0 Å². The molecular weight excluding hydrogens is 190 g/mol. The maximum atomic E-state index is 11.2. The van der Waals surface area contributed by atoms with E-state index in [1.807, 2.05) is 30.5 Å². The molecule has 3 rings (SSSR count). The Balaban J connectivity index is 2.27. The largest absolute Gasteiger partial charge is 0.481 e. The van der Waals surface area contributed by atoms with Gasteiger partial charge in [0.15, 0.2) is 0 Å². The van der Waals surface area contributed by atoms with Crippen molar-refractivity contribution in [1.29, 1.82) is 0 Å². The highest BCUT2D eigenvalue weighted by atomic mass is 16.4. The van der Waals surface area contributed by atoms with Gasteiger partial charge in [0.25, 0.3) is 0 Å². The fraction of sp³-hybridized carbons (Fsp3) is 0.250. The second-order valence-corrected chi connectivity index (χ2v) is 4.13. The van der Waals surface area contributed by atoms with Gasteiger partial charge in [-0.1, -0.05) is 18.2 Å². The van der Waals surface area contributed by atoms with Crippen LogP contribution in [-0.4, -0.2) is 16.1 Å². The maximum Gasteiger partial charge on any atom is 0.314 e. The lowest BCUT2D eigenvalue weighted by Gasteiger charge is -2.11. The molecule has 1 aromatic carbocycles. The average molecular weight is 201 g/mol. The van der Waals surface area contributed by atoms with Gasteiger partial charge in [-0.3, -0.25) is 4.79 Å². The summed E-state index contributed by atoms with van der Waals surface area (Å²) in [4.78, 5) is 14.4. The van der Waals surface area contributed by atoms with Crippen molar-refractivity contribution in [2.75, 3.05) is 0 Å². The summed E-state index contributed by atoms with van der Waals surface area (Å²) >= 11 is 0. The Bertz CT molecular complexity index is 537. The first kappa shape index (κ1) is 8.53. The van der Waals surface area contributed by atoms with Crippen LogP contribution in [0.5, 0.6) is 0 Å². The quantitative estimate of drug-likeness (QED) is 0.783. The summed E-state index contributed by atoms with van der Waals surface area (Å²) in [7, 11) is 0. The standard InChI is InChI=1S/C12H11NO2/c14-11(15)12(5-6-12)9-3-1-2-8-4-7-13-10(8)9/h1-4,7,13H,5-6H2,(H,14,15). The van der Waals surface area contributed by atoms with E-state index in [1.165, 1.54) is 0 Å². The monoisotopic (exact) mass is 201 g/mol. The molecule has 0 spiro atoms. The normalized spacial score (nSPS) is 17.9. The Kier molecular flexibility index (Phi) is 1.49. The molecule has 1 aliphatic carbocycles. The molecule has 1 aromatic heterocycles. The highest BCUT2D eigenvalue weighted by Crippen LogP contribution is 2.50. The highest BCUT2D eigenvalue weighted by molar-refractivity contribution is 5.93. The van der Waals surface area contributed by atoms with Gasteiger partial charge in [-0.2, -0.15) is 0 Å². The van der Waals surface area contributed by atoms with Crippen LogP contribution in [-0.2, 0) is 10.2 Å². The van der Waals surface area contributed by atoms with Crippen molar-refractivity contribution in [3.05, 3.63) is 36.0 Å². The van der Waals surface area contributed by atoms with Crippen LogP contribution in [0.1, 0.15) is 18.4 Å². The number of aromatic amines is 1. The van der Waals surface area contributed by atoms with Crippen molar-refractivity contribution in [3.63, 3.8) is 0 Å². The van der Waals surface area contributed by atoms with E-state index < -0.39 is 11.4 Å². The second kappa shape index (κ2) is 2.63. The third-order valence-electron chi connectivity index (χ3n) is 3.26. The minimum absolute atomic E-state index is 0.621. The van der Waals surface area contributed by atoms with E-state index in [9.17, 15) is 9.90 Å². The van der Waals surface area contributed by atoms with E-state index in [1.54, 1.807) is 0 Å². The molecule has 0 amide bonds. The van der Waals surface area contributed by atoms with Crippen LogP contribution in [0, 0.1) is 0 Å². The van der Waals surface area contributed by atoms with Gasteiger partial charge < -0.3 is 10.1 Å². The van der Waals surface area contributed by atoms with Crippen molar-refractivity contribution in [1.82, 2.24) is 4.98 Å². The summed E-state index contributed by atoms with van der Waals surface area (Å²) in [6, 6.07) is 7.80. The number of carbonyl (C=O) groups is 1. The zero-order chi connectivity index (χ0) is 10.5. The molecule has 0 bridgehead atoms. The van der Waals surface area contributed by atoms with Gasteiger partial charge >= 0.3 is 5.97 Å². The lowest BCUT2D eigenvalue weighted by molar-refractivity contribution is -0.140. The lowest BCUT2D eigenvalue weighted by atomic mass is 9.94. The second-order valence-electron chi connectivity index (χ2n) is 4.13. The number of aliphatic carboxylic acids is 1. The molecule has 0 atom stereocenters. The summed E-state index contributed by atoms with van der Waals surface area (Å²) in [5, 5.41) is 10.3. The van der Waals surface area contributed by atoms with Crippen molar-refractivity contribution in [3.8, 4) is 0 Å². The zero-order valence-electron chi connectivity index (χ0n) is 8.16. The van der Waals surface area contributed by atoms with Gasteiger partial charge in [-0.15, -0.1) is 0 Å². The molecule has 3 heteroatoms. The number of rotatable bonds is 2. The SMILES string of the molecule is O=C(O)C1(c2cccc3cc[nH]c23)CC1. The summed E-state index contributed by atoms with van der Waals surface area (Å²) in [6.07, 6.45) is 3.35. The van der Waals surface area contributed by atoms with E-state index in [0.29, 0.717) is 0 Å². The van der Waals surface area contributed by atoms with Crippen molar-refractivity contribution in [2.45, 2.75) is 18.3 Å². The molecule has 2 N–H and O–H groups in total. The van der Waals surface area contributed by atoms with Crippen LogP contribution in [0.4, 0.5) is 0 Å². The van der Waals surface area contributed by atoms with Gasteiger partial charge in [0.2, 0.25) is 0 Å². The maximum absolute atomic E-state index is 11.2. The van der Waals surface area contributed by atoms with Crippen LogP contribution in [0.3, 0.4) is 0 Å². The number of aromatic nitrogens is 1. The van der Waals surface area contributed by atoms with Crippen LogP contribution in [0.25, 0.3) is 10.9 Å². The Hall–Kier alpha value is -1.77. The predicted molar refractivity (Wildman–Crippen MR) is 56.8 cm³/mol. The number of benzene rings is 1. The summed E-state index contributed by atoms with van der Waals surface area (Å²) in [5.41, 5.74) is 1.28. The van der Waals surface area contributed by atoms with Crippen LogP contribution in [0.2, 0.25) is 0 Å². The Morgan fingerprint density at radius 2 is 2.13 bits per heavy atom. The summed E-state index contributed by atoms with van der Waals surface area (Å²) in [6.45, 7) is 0. The van der Waals surface area contributed by atoms with Crippen LogP contribution in [0.15, 0.2) is 30.5 Å². The van der Waals surface area contributed by atoms with Crippen LogP contribution >= 0.6 is 0 Å². The van der Waals surface area contributed by atoms with Crippen molar-refractivity contribution >= 4 is 16.9 Å². The zero-order valence-corrected chi connectivity index (χ0v) is 8.16. The van der Waals surface area contributed by atoms with Crippen molar-refractivity contribution in [2.24, 2.45) is 0 Å². The molecule has 1 fully saturated rings. The summed E-state index contributed by atoms with van der Waals surface area (Å²) in [5.74, 6) is -0.704. The fourth-order valence-corrected chi connectivity index (χ4v) is 2.21. The van der Waals surface area contributed by atoms with Gasteiger partial charge in [-0.05, 0) is 29.9 Å². The first-order valence-electron chi connectivity index (χ1n) is 5.04. The smallest absolute Gasteiger partial charge is 0.314 e. The van der Waals surface area contributed by atoms with E-state index >= 15 is 0 Å². The fourth-order valence-electron chi connectivity index (χ4n) is 2.21. The number of carboxylic acid groups (broad SMARTS) is 1. The number of carboxylic acids is 1. The van der Waals surface area contributed by atoms with Gasteiger partial charge in [-0.25, -0.2) is 0 Å². The number of hydrogen-bond donors (Lipinski definition) is 2. The Labute approximate surface area is 86.7 Å². The Morgan fingerprint density at radius 3 is 2.80 bits per heavy atom. The first-order chi connectivity index (χ1) is 7.24. The van der Waals surface area contributed by atoms with Gasteiger partial charge in [0.05, 0.1) is 5.41 Å². The molecule has 1 heterocycles. The predicted octanol–water partition coefficient (Wildman–Crippen LogP) is 2.28. The molecule has 0 unspecified atom stereocenters. The molecule has 0 aliphatic heterocycles. The molecule has 2 aromatic rings. The molecular formula is C12H11NO2. The number of hydrogen-bond acceptors (Lipinski definition) is 1. The summed E-state index contributed by atoms with van der Waals surface area (Å²) < 4.78 is 0. The van der Waals surface area contributed by atoms with E-state index in [0.717, 1.165) is 29.3 Å². The van der Waals surface area contributed by atoms with E-state index in [2.05, 4.69) is 4.98 Å². The topological polar surface area (TPSA) is 53.1 Å². The highest BCUT2D eigenvalue weighted by Gasteiger charge is 2.52. The van der Waals surface area contributed by atoms with Crippen molar-refractivity contribution < 1.29 is 9.90 Å². The molecule has 15 heavy (non-hydrogen) atoms. The number of nitrogens with one attached hydrogen (secondary N) is 1. The van der Waals surface area contributed by atoms with Crippen LogP contribution < -0.4 is 0 Å². The molecule has 1 aliphatic rings. The number of para-hydroxylation sites is 1. The average Bonchev–Trinajstić information content (AvgIpc) is 2.89. The number of fused-ring (bicyclic) bond motifs is 1. The van der Waals surface area contributed by atoms with Gasteiger partial charge in [0, 0.05) is 11.7 Å². The third kappa shape index (κ3) is 1.03. The minimum atomic E-state index is -0.704. The molecule has 1 saturated carbocycles.